The molecule has 9 heteroatoms. The van der Waals surface area contributed by atoms with Crippen LogP contribution in [0.2, 0.25) is 0 Å². The number of fused-ring (bicyclic) bond motifs is 1. The lowest BCUT2D eigenvalue weighted by atomic mass is 10.0. The number of methoxy groups -OCH3 is 2. The van der Waals surface area contributed by atoms with Crippen molar-refractivity contribution in [1.29, 1.82) is 0 Å². The van der Waals surface area contributed by atoms with Gasteiger partial charge in [0.2, 0.25) is 5.91 Å². The van der Waals surface area contributed by atoms with Crippen LogP contribution in [-0.4, -0.2) is 71.6 Å². The molecule has 0 spiro atoms. The predicted molar refractivity (Wildman–Crippen MR) is 127 cm³/mol. The Balaban J connectivity index is 1.55. The third-order valence-electron chi connectivity index (χ3n) is 6.20. The van der Waals surface area contributed by atoms with Gasteiger partial charge in [-0.3, -0.25) is 9.59 Å². The van der Waals surface area contributed by atoms with Crippen molar-refractivity contribution in [2.45, 2.75) is 31.7 Å². The average Bonchev–Trinajstić information content (AvgIpc) is 3.27. The van der Waals surface area contributed by atoms with Crippen LogP contribution in [0, 0.1) is 0 Å². The number of benzene rings is 1. The molecule has 0 radical (unpaired) electrons. The number of aryl methyl sites for hydroxylation is 1. The second-order valence-corrected chi connectivity index (χ2v) is 8.31. The highest BCUT2D eigenvalue weighted by Crippen LogP contribution is 2.32. The maximum atomic E-state index is 13.0. The minimum Gasteiger partial charge on any atom is -0.493 e. The number of hydrogen-bond acceptors (Lipinski definition) is 6. The quantitative estimate of drug-likeness (QED) is 0.675. The van der Waals surface area contributed by atoms with Crippen LogP contribution in [0.4, 0.5) is 0 Å². The Hall–Kier alpha value is -3.59. The Labute approximate surface area is 198 Å². The number of nitrogens with one attached hydrogen (secondary N) is 1. The molecule has 4 rings (SSSR count). The Morgan fingerprint density at radius 1 is 1.15 bits per heavy atom. The highest BCUT2D eigenvalue weighted by atomic mass is 16.5. The van der Waals surface area contributed by atoms with Crippen LogP contribution >= 0.6 is 0 Å². The molecule has 34 heavy (non-hydrogen) atoms. The zero-order valence-corrected chi connectivity index (χ0v) is 19.5. The van der Waals surface area contributed by atoms with Crippen molar-refractivity contribution >= 4 is 17.5 Å². The summed E-state index contributed by atoms with van der Waals surface area (Å²) in [5.74, 6) is 0.748. The maximum Gasteiger partial charge on any atom is 0.272 e. The largest absolute Gasteiger partial charge is 0.493 e. The van der Waals surface area contributed by atoms with E-state index in [2.05, 4.69) is 16.5 Å². The van der Waals surface area contributed by atoms with Gasteiger partial charge < -0.3 is 24.8 Å². The molecule has 9 nitrogen and oxygen atoms in total. The molecule has 0 unspecified atom stereocenters. The Morgan fingerprint density at radius 3 is 2.62 bits per heavy atom. The highest BCUT2D eigenvalue weighted by Gasteiger charge is 2.25. The third kappa shape index (κ3) is 4.99. The monoisotopic (exact) mass is 466 g/mol. The summed E-state index contributed by atoms with van der Waals surface area (Å²) in [6.07, 6.45) is 8.96. The summed E-state index contributed by atoms with van der Waals surface area (Å²) in [5.41, 5.74) is 3.03. The zero-order chi connectivity index (χ0) is 24.1. The van der Waals surface area contributed by atoms with Crippen molar-refractivity contribution in [2.24, 2.45) is 0 Å². The molecule has 0 atom stereocenters. The van der Waals surface area contributed by atoms with Crippen molar-refractivity contribution in [2.75, 3.05) is 33.9 Å². The van der Waals surface area contributed by atoms with E-state index in [4.69, 9.17) is 14.6 Å². The van der Waals surface area contributed by atoms with Gasteiger partial charge in [-0.05, 0) is 56.0 Å². The molecule has 1 aromatic carbocycles. The van der Waals surface area contributed by atoms with E-state index >= 15 is 0 Å². The molecule has 0 bridgehead atoms. The number of rotatable bonds is 6. The summed E-state index contributed by atoms with van der Waals surface area (Å²) >= 11 is 0. The van der Waals surface area contributed by atoms with E-state index in [9.17, 15) is 9.59 Å². The van der Waals surface area contributed by atoms with E-state index in [0.717, 1.165) is 29.8 Å². The van der Waals surface area contributed by atoms with Gasteiger partial charge in [-0.25, -0.2) is 4.68 Å². The molecule has 1 saturated heterocycles. The van der Waals surface area contributed by atoms with Crippen LogP contribution in [0.25, 0.3) is 5.70 Å². The van der Waals surface area contributed by atoms with Crippen LogP contribution in [-0.2, 0) is 11.2 Å². The molecule has 2 aliphatic heterocycles. The molecular formula is C25H30N4O5. The summed E-state index contributed by atoms with van der Waals surface area (Å²) in [5, 5.41) is 16.7. The van der Waals surface area contributed by atoms with Gasteiger partial charge in [0, 0.05) is 30.4 Å². The number of likely N-dealkylation sites (tertiary alicyclic amines) is 1. The fourth-order valence-electron chi connectivity index (χ4n) is 4.32. The smallest absolute Gasteiger partial charge is 0.272 e. The van der Waals surface area contributed by atoms with Gasteiger partial charge >= 0.3 is 0 Å². The zero-order valence-electron chi connectivity index (χ0n) is 19.5. The highest BCUT2D eigenvalue weighted by molar-refractivity contribution is 5.93. The number of piperidine rings is 1. The summed E-state index contributed by atoms with van der Waals surface area (Å²) in [6.45, 7) is 0.547. The number of nitrogens with zero attached hydrogens (tertiary/aromatic N) is 3. The fourth-order valence-corrected chi connectivity index (χ4v) is 4.32. The van der Waals surface area contributed by atoms with Gasteiger partial charge in [-0.1, -0.05) is 12.2 Å². The number of aromatic nitrogens is 2. The fraction of sp³-hybridized carbons (Fsp3) is 0.400. The number of carbonyl (C=O) groups is 2. The van der Waals surface area contributed by atoms with E-state index in [-0.39, 0.29) is 17.9 Å². The standard InChI is InChI=1S/C25H30N4O5/c1-33-22-9-8-17(14-23(22)34-2)21-7-5-3-4-6-19-15-20(27-29(19)21)25(32)26-18-10-12-28(13-11-18)24(31)16-30/h3,5,7-9,14-15,18,30H,4,6,10-13,16H2,1-2H3,(H,26,32)/b5-3-,21-7-. The van der Waals surface area contributed by atoms with Crippen molar-refractivity contribution in [3.8, 4) is 11.5 Å². The number of carbonyl (C=O) groups excluding carboxylic acids is 2. The molecule has 2 aromatic rings. The Kier molecular flexibility index (Phi) is 7.32. The lowest BCUT2D eigenvalue weighted by Gasteiger charge is -2.31. The van der Waals surface area contributed by atoms with Crippen molar-refractivity contribution in [1.82, 2.24) is 20.0 Å². The van der Waals surface area contributed by atoms with E-state index < -0.39 is 6.61 Å². The number of amides is 2. The maximum absolute atomic E-state index is 13.0. The first-order valence-electron chi connectivity index (χ1n) is 11.4. The van der Waals surface area contributed by atoms with Gasteiger partial charge in [0.05, 0.1) is 19.9 Å². The minimum atomic E-state index is -0.484. The van der Waals surface area contributed by atoms with Crippen molar-refractivity contribution in [3.63, 3.8) is 0 Å². The third-order valence-corrected chi connectivity index (χ3v) is 6.20. The van der Waals surface area contributed by atoms with E-state index in [1.807, 2.05) is 41.1 Å². The number of allylic oxidation sites excluding steroid dienone is 3. The van der Waals surface area contributed by atoms with Crippen molar-refractivity contribution in [3.05, 3.63) is 59.4 Å². The Morgan fingerprint density at radius 2 is 1.91 bits per heavy atom. The molecule has 1 fully saturated rings. The molecule has 180 valence electrons. The van der Waals surface area contributed by atoms with Crippen molar-refractivity contribution < 1.29 is 24.2 Å². The van der Waals surface area contributed by atoms with Gasteiger partial charge in [0.25, 0.3) is 5.91 Å². The molecular weight excluding hydrogens is 436 g/mol. The minimum absolute atomic E-state index is 0.0398. The van der Waals surface area contributed by atoms with Crippen LogP contribution in [0.15, 0.2) is 42.5 Å². The first kappa shape index (κ1) is 23.6. The molecule has 2 N–H and O–H groups in total. The number of ether oxygens (including phenoxy) is 2. The van der Waals surface area contributed by atoms with Gasteiger partial charge in [-0.15, -0.1) is 0 Å². The Bertz CT molecular complexity index is 1110. The molecule has 2 aliphatic rings. The predicted octanol–water partition coefficient (Wildman–Crippen LogP) is 2.00. The number of hydrogen-bond donors (Lipinski definition) is 2. The lowest BCUT2D eigenvalue weighted by molar-refractivity contribution is -0.135. The van der Waals surface area contributed by atoms with Gasteiger partial charge in [-0.2, -0.15) is 5.10 Å². The first-order valence-corrected chi connectivity index (χ1v) is 11.4. The molecule has 0 aliphatic carbocycles. The van der Waals surface area contributed by atoms with E-state index in [0.29, 0.717) is 43.1 Å². The number of aliphatic hydroxyl groups is 1. The van der Waals surface area contributed by atoms with Crippen LogP contribution in [0.1, 0.15) is 41.0 Å². The average molecular weight is 467 g/mol. The summed E-state index contributed by atoms with van der Waals surface area (Å²) in [7, 11) is 3.19. The SMILES string of the molecule is COc1ccc(/C2=C/C=C\CCc3cc(C(=O)NC4CCN(C(=O)CO)CC4)nn32)cc1OC. The summed E-state index contributed by atoms with van der Waals surface area (Å²) in [6, 6.07) is 7.49. The normalized spacial score (nSPS) is 18.7. The van der Waals surface area contributed by atoms with Crippen LogP contribution in [0.5, 0.6) is 11.5 Å². The summed E-state index contributed by atoms with van der Waals surface area (Å²) < 4.78 is 12.6. The first-order chi connectivity index (χ1) is 16.5. The lowest BCUT2D eigenvalue weighted by Crippen LogP contribution is -2.47. The second kappa shape index (κ2) is 10.6. The molecule has 1 aromatic heterocycles. The van der Waals surface area contributed by atoms with E-state index in [1.54, 1.807) is 19.1 Å². The topological polar surface area (TPSA) is 106 Å². The summed E-state index contributed by atoms with van der Waals surface area (Å²) in [4.78, 5) is 26.3. The molecule has 0 saturated carbocycles. The van der Waals surface area contributed by atoms with Crippen LogP contribution in [0.3, 0.4) is 0 Å². The molecule has 3 heterocycles. The molecule has 2 amide bonds. The van der Waals surface area contributed by atoms with Gasteiger partial charge in [0.1, 0.15) is 6.61 Å². The van der Waals surface area contributed by atoms with Gasteiger partial charge in [0.15, 0.2) is 17.2 Å². The van der Waals surface area contributed by atoms with E-state index in [1.165, 1.54) is 0 Å². The number of aliphatic hydroxyl groups excluding tert-OH is 1. The van der Waals surface area contributed by atoms with Crippen LogP contribution < -0.4 is 14.8 Å². The second-order valence-electron chi connectivity index (χ2n) is 8.31.